The molecule has 0 bridgehead atoms. The Labute approximate surface area is 107 Å². The van der Waals surface area contributed by atoms with Gasteiger partial charge in [0.15, 0.2) is 0 Å². The third-order valence-corrected chi connectivity index (χ3v) is 6.54. The summed E-state index contributed by atoms with van der Waals surface area (Å²) in [5.41, 5.74) is -0.153. The normalized spacial score (nSPS) is 21.8. The molecule has 0 heterocycles. The first-order chi connectivity index (χ1) is 8.37. The van der Waals surface area contributed by atoms with Crippen LogP contribution >= 0.6 is 7.37 Å². The summed E-state index contributed by atoms with van der Waals surface area (Å²) in [4.78, 5) is 0. The smallest absolute Gasteiger partial charge is 0.319 e. The van der Waals surface area contributed by atoms with Crippen molar-refractivity contribution in [3.8, 4) is 0 Å². The molecular weight excluding hydrogens is 264 g/mol. The average molecular weight is 286 g/mol. The summed E-state index contributed by atoms with van der Waals surface area (Å²) in [6.45, 7) is 0.569. The number of hydrogen-bond acceptors (Lipinski definition) is 2. The molecular formula is C12H22F3O2P. The molecule has 1 unspecified atom stereocenters. The van der Waals surface area contributed by atoms with Gasteiger partial charge < -0.3 is 4.52 Å². The second kappa shape index (κ2) is 6.95. The van der Waals surface area contributed by atoms with E-state index in [4.69, 9.17) is 4.52 Å². The van der Waals surface area contributed by atoms with Gasteiger partial charge in [0.05, 0.1) is 0 Å². The molecule has 108 valence electrons. The largest absolute Gasteiger partial charge is 0.412 e. The van der Waals surface area contributed by atoms with Crippen LogP contribution in [-0.2, 0) is 9.09 Å². The van der Waals surface area contributed by atoms with Crippen LogP contribution in [0, 0.1) is 0 Å². The molecule has 1 aliphatic carbocycles. The van der Waals surface area contributed by atoms with Crippen LogP contribution in [0.5, 0.6) is 0 Å². The van der Waals surface area contributed by atoms with Gasteiger partial charge in [-0.25, -0.2) is 0 Å². The van der Waals surface area contributed by atoms with Crippen LogP contribution in [0.1, 0.15) is 51.9 Å². The maximum absolute atomic E-state index is 12.7. The van der Waals surface area contributed by atoms with Crippen molar-refractivity contribution < 1.29 is 22.3 Å². The Balaban J connectivity index is 2.64. The highest BCUT2D eigenvalue weighted by molar-refractivity contribution is 7.59. The van der Waals surface area contributed by atoms with Gasteiger partial charge in [0, 0.05) is 11.8 Å². The van der Waals surface area contributed by atoms with E-state index < -0.39 is 20.2 Å². The molecule has 18 heavy (non-hydrogen) atoms. The second-order valence-electron chi connectivity index (χ2n) is 4.98. The third kappa shape index (κ3) is 5.31. The fraction of sp³-hybridized carbons (Fsp3) is 1.00. The van der Waals surface area contributed by atoms with E-state index in [2.05, 4.69) is 0 Å². The Kier molecular flexibility index (Phi) is 6.19. The minimum absolute atomic E-state index is 0.153. The van der Waals surface area contributed by atoms with E-state index in [9.17, 15) is 17.7 Å². The van der Waals surface area contributed by atoms with Gasteiger partial charge in [-0.2, -0.15) is 13.2 Å². The molecule has 1 saturated carbocycles. The average Bonchev–Trinajstić information content (AvgIpc) is 2.34. The van der Waals surface area contributed by atoms with Crippen LogP contribution in [0.4, 0.5) is 13.2 Å². The van der Waals surface area contributed by atoms with Crippen LogP contribution in [0.15, 0.2) is 0 Å². The van der Waals surface area contributed by atoms with Gasteiger partial charge in [-0.05, 0) is 19.3 Å². The molecule has 0 aromatic heterocycles. The lowest BCUT2D eigenvalue weighted by molar-refractivity contribution is -0.153. The molecule has 1 aliphatic rings. The summed E-state index contributed by atoms with van der Waals surface area (Å²) >= 11 is 0. The first-order valence-corrected chi connectivity index (χ1v) is 8.55. The van der Waals surface area contributed by atoms with E-state index in [1.807, 2.05) is 6.92 Å². The minimum Gasteiger partial charge on any atom is -0.319 e. The lowest BCUT2D eigenvalue weighted by Gasteiger charge is -2.30. The van der Waals surface area contributed by atoms with Crippen molar-refractivity contribution >= 4 is 7.37 Å². The zero-order valence-corrected chi connectivity index (χ0v) is 11.7. The van der Waals surface area contributed by atoms with Crippen molar-refractivity contribution in [2.45, 2.75) is 63.7 Å². The molecule has 0 radical (unpaired) electrons. The van der Waals surface area contributed by atoms with E-state index in [-0.39, 0.29) is 5.66 Å². The molecule has 0 aromatic carbocycles. The number of hydrogen-bond donors (Lipinski definition) is 0. The van der Waals surface area contributed by atoms with Crippen LogP contribution in [-0.4, -0.2) is 24.6 Å². The van der Waals surface area contributed by atoms with Gasteiger partial charge in [-0.15, -0.1) is 0 Å². The summed E-state index contributed by atoms with van der Waals surface area (Å²) in [6.07, 6.45) is 1.89. The summed E-state index contributed by atoms with van der Waals surface area (Å²) < 4.78 is 54.2. The zero-order chi connectivity index (χ0) is 13.6. The molecule has 0 N–H and O–H groups in total. The SMILES string of the molecule is CCCCP(=O)(OCC(F)(F)F)C1CCCCC1. The zero-order valence-electron chi connectivity index (χ0n) is 10.8. The van der Waals surface area contributed by atoms with Crippen molar-refractivity contribution in [1.82, 2.24) is 0 Å². The standard InChI is InChI=1S/C12H22F3O2P/c1-2-3-9-18(16,17-10-12(13,14)15)11-7-5-4-6-8-11/h11H,2-10H2,1H3. The molecule has 1 rings (SSSR count). The molecule has 0 saturated heterocycles. The minimum atomic E-state index is -4.39. The Hall–Kier alpha value is -0.0200. The molecule has 2 nitrogen and oxygen atoms in total. The molecule has 0 aliphatic heterocycles. The van der Waals surface area contributed by atoms with Crippen molar-refractivity contribution in [1.29, 1.82) is 0 Å². The summed E-state index contributed by atoms with van der Waals surface area (Å²) in [5.74, 6) is 0. The van der Waals surface area contributed by atoms with E-state index in [0.29, 0.717) is 12.6 Å². The maximum atomic E-state index is 12.7. The first-order valence-electron chi connectivity index (χ1n) is 6.67. The quantitative estimate of drug-likeness (QED) is 0.644. The lowest BCUT2D eigenvalue weighted by atomic mass is 10.0. The predicted octanol–water partition coefficient (Wildman–Crippen LogP) is 4.98. The molecule has 1 fully saturated rings. The lowest BCUT2D eigenvalue weighted by Crippen LogP contribution is -2.22. The van der Waals surface area contributed by atoms with Crippen molar-refractivity contribution in [3.05, 3.63) is 0 Å². The number of rotatable bonds is 6. The van der Waals surface area contributed by atoms with Crippen molar-refractivity contribution in [2.75, 3.05) is 12.8 Å². The van der Waals surface area contributed by atoms with Gasteiger partial charge >= 0.3 is 6.18 Å². The van der Waals surface area contributed by atoms with Crippen LogP contribution < -0.4 is 0 Å². The molecule has 1 atom stereocenters. The van der Waals surface area contributed by atoms with Gasteiger partial charge in [-0.3, -0.25) is 4.57 Å². The highest BCUT2D eigenvalue weighted by Gasteiger charge is 2.38. The summed E-state index contributed by atoms with van der Waals surface area (Å²) in [7, 11) is -3.13. The fourth-order valence-corrected chi connectivity index (χ4v) is 5.37. The Bertz CT molecular complexity index is 286. The van der Waals surface area contributed by atoms with Gasteiger partial charge in [0.2, 0.25) is 7.37 Å². The Morgan fingerprint density at radius 3 is 2.33 bits per heavy atom. The van der Waals surface area contributed by atoms with Gasteiger partial charge in [0.1, 0.15) is 6.61 Å². The number of alkyl halides is 3. The Morgan fingerprint density at radius 1 is 1.22 bits per heavy atom. The second-order valence-corrected chi connectivity index (χ2v) is 7.87. The maximum Gasteiger partial charge on any atom is 0.412 e. The van der Waals surface area contributed by atoms with Crippen molar-refractivity contribution in [3.63, 3.8) is 0 Å². The van der Waals surface area contributed by atoms with E-state index >= 15 is 0 Å². The first kappa shape index (κ1) is 16.0. The summed E-state index contributed by atoms with van der Waals surface area (Å²) in [5, 5.41) is 0. The molecule has 0 spiro atoms. The van der Waals surface area contributed by atoms with Gasteiger partial charge in [-0.1, -0.05) is 32.6 Å². The van der Waals surface area contributed by atoms with Crippen LogP contribution in [0.2, 0.25) is 0 Å². The predicted molar refractivity (Wildman–Crippen MR) is 66.3 cm³/mol. The third-order valence-electron chi connectivity index (χ3n) is 3.40. The fourth-order valence-electron chi connectivity index (χ4n) is 2.39. The van der Waals surface area contributed by atoms with Crippen LogP contribution in [0.3, 0.4) is 0 Å². The molecule has 0 amide bonds. The molecule has 6 heteroatoms. The summed E-state index contributed by atoms with van der Waals surface area (Å²) in [6, 6.07) is 0. The van der Waals surface area contributed by atoms with Crippen LogP contribution in [0.25, 0.3) is 0 Å². The van der Waals surface area contributed by atoms with E-state index in [1.165, 1.54) is 0 Å². The topological polar surface area (TPSA) is 26.3 Å². The van der Waals surface area contributed by atoms with E-state index in [1.54, 1.807) is 0 Å². The van der Waals surface area contributed by atoms with Crippen molar-refractivity contribution in [2.24, 2.45) is 0 Å². The monoisotopic (exact) mass is 286 g/mol. The number of halogens is 3. The highest BCUT2D eigenvalue weighted by Crippen LogP contribution is 2.57. The number of unbranched alkanes of at least 4 members (excludes halogenated alkanes) is 1. The van der Waals surface area contributed by atoms with Gasteiger partial charge in [0.25, 0.3) is 0 Å². The van der Waals surface area contributed by atoms with E-state index in [0.717, 1.165) is 38.5 Å². The Morgan fingerprint density at radius 2 is 1.83 bits per heavy atom. The highest BCUT2D eigenvalue weighted by atomic mass is 31.2. The molecule has 0 aromatic rings.